The van der Waals surface area contributed by atoms with Gasteiger partial charge in [-0.15, -0.1) is 0 Å². The molecule has 6 aromatic rings. The monoisotopic (exact) mass is 947 g/mol. The molecule has 2 nitrogen and oxygen atoms in total. The Labute approximate surface area is 416 Å². The van der Waals surface area contributed by atoms with Crippen LogP contribution < -0.4 is 41.3 Å². The lowest BCUT2D eigenvalue weighted by Crippen LogP contribution is -2.29. The largest absolute Gasteiger partial charge is 0.496 e. The van der Waals surface area contributed by atoms with Crippen LogP contribution in [0.4, 0.5) is 0 Å². The van der Waals surface area contributed by atoms with E-state index in [9.17, 15) is 0 Å². The Kier molecular flexibility index (Phi) is 16.1. The van der Waals surface area contributed by atoms with Gasteiger partial charge in [-0.3, -0.25) is 0 Å². The summed E-state index contributed by atoms with van der Waals surface area (Å²) in [4.78, 5) is 0. The maximum Gasteiger partial charge on any atom is 0.127 e. The average Bonchev–Trinajstić information content (AvgIpc) is 3.27. The van der Waals surface area contributed by atoms with E-state index in [0.29, 0.717) is 11.8 Å². The van der Waals surface area contributed by atoms with Crippen molar-refractivity contribution in [3.8, 4) is 22.6 Å². The molecule has 2 atom stereocenters. The molecule has 4 heteroatoms. The van der Waals surface area contributed by atoms with Gasteiger partial charge < -0.3 is 9.47 Å². The molecule has 0 aliphatic carbocycles. The van der Waals surface area contributed by atoms with Crippen molar-refractivity contribution in [3.63, 3.8) is 0 Å². The Balaban J connectivity index is 1.86. The molecule has 68 heavy (non-hydrogen) atoms. The smallest absolute Gasteiger partial charge is 0.127 e. The molecule has 0 fully saturated rings. The van der Waals surface area contributed by atoms with E-state index in [4.69, 9.17) is 9.47 Å². The van der Waals surface area contributed by atoms with E-state index in [1.54, 1.807) is 0 Å². The third kappa shape index (κ3) is 11.7. The fraction of sp³-hybridized carbons (Fsp3) is 0.438. The standard InChI is InChI=1S/C64H84O2P2/c1-21-43-29-45(41(3)4)33-51(31-43)67(53-37-47(61(7,8)9)35-48(38-53)62(10,11)12)57-27-23-25-55(65-19)59(57)60-56(66-20)26-24-28-58(60)68(52-32-44(22-2)30-46(34-52)42(5)6)54-39-49(63(13,14)15)36-50(40-54)64(16,17)18/h23-42H,21-22H2,1-20H3. The first-order chi connectivity index (χ1) is 31.7. The van der Waals surface area contributed by atoms with Crippen molar-refractivity contribution in [2.75, 3.05) is 14.2 Å². The number of hydrogen-bond acceptors (Lipinski definition) is 2. The van der Waals surface area contributed by atoms with E-state index in [1.165, 1.54) is 76.3 Å². The highest BCUT2D eigenvalue weighted by Gasteiger charge is 2.33. The lowest BCUT2D eigenvalue weighted by molar-refractivity contribution is 0.411. The molecule has 6 aromatic carbocycles. The molecule has 0 aromatic heterocycles. The Morgan fingerprint density at radius 2 is 0.691 bits per heavy atom. The fourth-order valence-corrected chi connectivity index (χ4v) is 14.3. The number of ether oxygens (including phenoxy) is 2. The summed E-state index contributed by atoms with van der Waals surface area (Å²) in [5, 5.41) is 8.01. The number of benzene rings is 6. The van der Waals surface area contributed by atoms with Crippen LogP contribution >= 0.6 is 15.8 Å². The molecule has 362 valence electrons. The Morgan fingerprint density at radius 3 is 0.941 bits per heavy atom. The average molecular weight is 947 g/mol. The van der Waals surface area contributed by atoms with Crippen LogP contribution in [0.2, 0.25) is 0 Å². The summed E-state index contributed by atoms with van der Waals surface area (Å²) >= 11 is 0. The summed E-state index contributed by atoms with van der Waals surface area (Å²) in [5.74, 6) is 2.49. The van der Waals surface area contributed by atoms with Crippen molar-refractivity contribution >= 4 is 47.7 Å². The van der Waals surface area contributed by atoms with Crippen LogP contribution in [-0.2, 0) is 34.5 Å². The van der Waals surface area contributed by atoms with Gasteiger partial charge >= 0.3 is 0 Å². The van der Waals surface area contributed by atoms with Gasteiger partial charge in [0.05, 0.1) is 14.2 Å². The van der Waals surface area contributed by atoms with E-state index in [-0.39, 0.29) is 21.7 Å². The lowest BCUT2D eigenvalue weighted by atomic mass is 9.81. The zero-order chi connectivity index (χ0) is 50.3. The Bertz CT molecular complexity index is 2470. The van der Waals surface area contributed by atoms with Gasteiger partial charge in [-0.05, 0) is 151 Å². The maximum atomic E-state index is 6.65. The van der Waals surface area contributed by atoms with Gasteiger partial charge in [-0.1, -0.05) is 222 Å². The third-order valence-corrected chi connectivity index (χ3v) is 18.5. The minimum Gasteiger partial charge on any atom is -0.496 e. The van der Waals surface area contributed by atoms with E-state index in [1.807, 2.05) is 14.2 Å². The first kappa shape index (κ1) is 53.1. The molecule has 0 bridgehead atoms. The molecule has 0 spiro atoms. The zero-order valence-electron chi connectivity index (χ0n) is 45.7. The molecule has 0 radical (unpaired) electrons. The van der Waals surface area contributed by atoms with Crippen LogP contribution in [0.5, 0.6) is 11.5 Å². The number of aryl methyl sites for hydroxylation is 2. The Morgan fingerprint density at radius 1 is 0.397 bits per heavy atom. The molecule has 6 rings (SSSR count). The minimum atomic E-state index is -1.15. The molecule has 0 saturated carbocycles. The summed E-state index contributed by atoms with van der Waals surface area (Å²) in [6.45, 7) is 42.2. The quantitative estimate of drug-likeness (QED) is 0.107. The first-order valence-electron chi connectivity index (χ1n) is 25.2. The number of methoxy groups -OCH3 is 2. The van der Waals surface area contributed by atoms with Crippen molar-refractivity contribution in [3.05, 3.63) is 154 Å². The second kappa shape index (κ2) is 20.6. The summed E-state index contributed by atoms with van der Waals surface area (Å²) in [7, 11) is 1.39. The van der Waals surface area contributed by atoms with Gasteiger partial charge in [0.1, 0.15) is 11.5 Å². The molecular weight excluding hydrogens is 863 g/mol. The summed E-state index contributed by atoms with van der Waals surface area (Å²) in [6, 6.07) is 43.6. The van der Waals surface area contributed by atoms with Crippen molar-refractivity contribution < 1.29 is 9.47 Å². The van der Waals surface area contributed by atoms with Crippen LogP contribution in [0.15, 0.2) is 109 Å². The highest BCUT2D eigenvalue weighted by atomic mass is 31.1. The maximum absolute atomic E-state index is 6.65. The van der Waals surface area contributed by atoms with Crippen molar-refractivity contribution in [2.45, 2.75) is 171 Å². The highest BCUT2D eigenvalue weighted by Crippen LogP contribution is 2.49. The predicted molar refractivity (Wildman–Crippen MR) is 304 cm³/mol. The van der Waals surface area contributed by atoms with Gasteiger partial charge in [0, 0.05) is 11.1 Å². The van der Waals surface area contributed by atoms with Crippen LogP contribution in [0.1, 0.15) is 181 Å². The van der Waals surface area contributed by atoms with Crippen molar-refractivity contribution in [2.24, 2.45) is 0 Å². The van der Waals surface area contributed by atoms with E-state index in [2.05, 4.69) is 234 Å². The second-order valence-corrected chi connectivity index (χ2v) is 28.2. The third-order valence-electron chi connectivity index (χ3n) is 13.7. The fourth-order valence-electron chi connectivity index (χ4n) is 9.05. The molecule has 0 N–H and O–H groups in total. The summed E-state index contributed by atoms with van der Waals surface area (Å²) in [6.07, 6.45) is 1.94. The molecule has 0 saturated heterocycles. The predicted octanol–water partition coefficient (Wildman–Crippen LogP) is 15.4. The number of hydrogen-bond donors (Lipinski definition) is 0. The SMILES string of the molecule is CCc1cc(C(C)C)cc(P(c2cc(C(C)(C)C)cc(C(C)(C)C)c2)c2cccc(OC)c2-c2c(OC)cccc2P(c2cc(CC)cc(C(C)C)c2)c2cc(C(C)(C)C)cc(C(C)(C)C)c2)c1. The Hall–Kier alpha value is -4.22. The van der Waals surface area contributed by atoms with E-state index < -0.39 is 15.8 Å². The van der Waals surface area contributed by atoms with Crippen molar-refractivity contribution in [1.82, 2.24) is 0 Å². The highest BCUT2D eigenvalue weighted by molar-refractivity contribution is 7.80. The minimum absolute atomic E-state index is 0.0520. The van der Waals surface area contributed by atoms with Gasteiger partial charge in [0.2, 0.25) is 0 Å². The van der Waals surface area contributed by atoms with Gasteiger partial charge in [-0.25, -0.2) is 0 Å². The molecule has 0 aliphatic heterocycles. The first-order valence-corrected chi connectivity index (χ1v) is 27.9. The van der Waals surface area contributed by atoms with Crippen molar-refractivity contribution in [1.29, 1.82) is 0 Å². The lowest BCUT2D eigenvalue weighted by Gasteiger charge is -2.32. The summed E-state index contributed by atoms with van der Waals surface area (Å²) in [5.41, 5.74) is 13.0. The normalized spacial score (nSPS) is 13.6. The summed E-state index contributed by atoms with van der Waals surface area (Å²) < 4.78 is 13.3. The molecule has 2 unspecified atom stereocenters. The van der Waals surface area contributed by atoms with Gasteiger partial charge in [-0.2, -0.15) is 0 Å². The van der Waals surface area contributed by atoms with Crippen LogP contribution in [-0.4, -0.2) is 14.2 Å². The molecule has 0 amide bonds. The molecule has 0 heterocycles. The van der Waals surface area contributed by atoms with Gasteiger partial charge in [0.25, 0.3) is 0 Å². The van der Waals surface area contributed by atoms with Crippen LogP contribution in [0.25, 0.3) is 11.1 Å². The molecular formula is C64H84O2P2. The van der Waals surface area contributed by atoms with Crippen LogP contribution in [0.3, 0.4) is 0 Å². The number of rotatable bonds is 13. The zero-order valence-corrected chi connectivity index (χ0v) is 47.5. The van der Waals surface area contributed by atoms with E-state index >= 15 is 0 Å². The van der Waals surface area contributed by atoms with Gasteiger partial charge in [0.15, 0.2) is 0 Å². The van der Waals surface area contributed by atoms with Crippen LogP contribution in [0, 0.1) is 0 Å². The van der Waals surface area contributed by atoms with E-state index in [0.717, 1.165) is 35.5 Å². The molecule has 0 aliphatic rings. The topological polar surface area (TPSA) is 18.5 Å². The second-order valence-electron chi connectivity index (χ2n) is 23.8.